The number of unbranched alkanes of at least 4 members (excludes halogenated alkanes) is 4. The zero-order chi connectivity index (χ0) is 17.9. The number of halogens is 1. The lowest BCUT2D eigenvalue weighted by molar-refractivity contribution is 0.482. The third kappa shape index (κ3) is 6.74. The summed E-state index contributed by atoms with van der Waals surface area (Å²) in [6.45, 7) is 4.35. The quantitative estimate of drug-likeness (QED) is 0.402. The molecule has 0 aromatic heterocycles. The molecule has 2 rings (SSSR count). The summed E-state index contributed by atoms with van der Waals surface area (Å²) in [5.74, 6) is 1.38. The van der Waals surface area contributed by atoms with Crippen LogP contribution < -0.4 is 4.74 Å². The number of hydrogen-bond acceptors (Lipinski definition) is 1. The van der Waals surface area contributed by atoms with E-state index in [4.69, 9.17) is 4.74 Å². The molecule has 0 saturated heterocycles. The van der Waals surface area contributed by atoms with Gasteiger partial charge in [-0.25, -0.2) is 4.39 Å². The first-order chi connectivity index (χ1) is 12.2. The Bertz CT molecular complexity index is 641. The maximum absolute atomic E-state index is 14.1. The largest absolute Gasteiger partial charge is 0.457 e. The Morgan fingerprint density at radius 2 is 1.48 bits per heavy atom. The van der Waals surface area contributed by atoms with Gasteiger partial charge in [0.15, 0.2) is 0 Å². The molecule has 0 amide bonds. The molecule has 0 heterocycles. The Kier molecular flexibility index (Phi) is 8.24. The summed E-state index contributed by atoms with van der Waals surface area (Å²) in [5.41, 5.74) is 1.93. The van der Waals surface area contributed by atoms with Crippen LogP contribution in [0.5, 0.6) is 11.5 Å². The van der Waals surface area contributed by atoms with E-state index in [-0.39, 0.29) is 5.83 Å². The summed E-state index contributed by atoms with van der Waals surface area (Å²) in [4.78, 5) is 0. The fourth-order valence-corrected chi connectivity index (χ4v) is 2.75. The van der Waals surface area contributed by atoms with Gasteiger partial charge in [-0.05, 0) is 67.3 Å². The van der Waals surface area contributed by atoms with Gasteiger partial charge in [0.25, 0.3) is 0 Å². The molecule has 2 heteroatoms. The van der Waals surface area contributed by atoms with E-state index in [1.807, 2.05) is 24.3 Å². The predicted molar refractivity (Wildman–Crippen MR) is 105 cm³/mol. The van der Waals surface area contributed by atoms with Crippen molar-refractivity contribution in [1.29, 1.82) is 0 Å². The van der Waals surface area contributed by atoms with Crippen molar-refractivity contribution in [2.45, 2.75) is 58.8 Å². The number of aryl methyl sites for hydroxylation is 1. The molecule has 0 atom stereocenters. The van der Waals surface area contributed by atoms with Gasteiger partial charge in [-0.3, -0.25) is 0 Å². The molecule has 0 bridgehead atoms. The van der Waals surface area contributed by atoms with Gasteiger partial charge >= 0.3 is 0 Å². The molecule has 25 heavy (non-hydrogen) atoms. The van der Waals surface area contributed by atoms with Gasteiger partial charge in [0.1, 0.15) is 17.3 Å². The van der Waals surface area contributed by atoms with Crippen molar-refractivity contribution >= 4 is 5.83 Å². The molecule has 134 valence electrons. The second-order valence-corrected chi connectivity index (χ2v) is 6.42. The fourth-order valence-electron chi connectivity index (χ4n) is 2.75. The minimum Gasteiger partial charge on any atom is -0.457 e. The van der Waals surface area contributed by atoms with Crippen molar-refractivity contribution in [2.75, 3.05) is 0 Å². The first kappa shape index (κ1) is 19.2. The van der Waals surface area contributed by atoms with Crippen molar-refractivity contribution in [3.05, 3.63) is 65.7 Å². The standard InChI is InChI=1S/C23H29FO/c1-3-5-6-7-8-10-23(24)20-13-17-22(18-14-20)25-21-15-11-19(9-4-2)12-16-21/h10-18H,3-9H2,1-2H3. The second-order valence-electron chi connectivity index (χ2n) is 6.42. The maximum atomic E-state index is 14.1. The Balaban J connectivity index is 1.89. The Hall–Kier alpha value is -2.09. The van der Waals surface area contributed by atoms with E-state index in [0.29, 0.717) is 5.56 Å². The SMILES string of the molecule is CCCCCCC=C(F)c1ccc(Oc2ccc(CCC)cc2)cc1. The van der Waals surface area contributed by atoms with Crippen LogP contribution in [0.2, 0.25) is 0 Å². The summed E-state index contributed by atoms with van der Waals surface area (Å²) in [5, 5.41) is 0. The molecule has 0 aliphatic heterocycles. The summed E-state index contributed by atoms with van der Waals surface area (Å²) in [7, 11) is 0. The average Bonchev–Trinajstić information content (AvgIpc) is 2.64. The normalized spacial score (nSPS) is 11.6. The summed E-state index contributed by atoms with van der Waals surface area (Å²) in [6.07, 6.45) is 9.36. The minimum absolute atomic E-state index is 0.146. The lowest BCUT2D eigenvalue weighted by atomic mass is 10.1. The molecule has 0 N–H and O–H groups in total. The molecule has 1 nitrogen and oxygen atoms in total. The van der Waals surface area contributed by atoms with Crippen molar-refractivity contribution in [3.63, 3.8) is 0 Å². The minimum atomic E-state index is -0.146. The van der Waals surface area contributed by atoms with Gasteiger partial charge < -0.3 is 4.74 Å². The maximum Gasteiger partial charge on any atom is 0.127 e. The average molecular weight is 340 g/mol. The number of rotatable bonds is 10. The molecule has 2 aromatic carbocycles. The summed E-state index contributed by atoms with van der Waals surface area (Å²) in [6, 6.07) is 15.3. The van der Waals surface area contributed by atoms with Gasteiger partial charge in [0.2, 0.25) is 0 Å². The number of hydrogen-bond donors (Lipinski definition) is 0. The van der Waals surface area contributed by atoms with E-state index in [1.165, 1.54) is 24.8 Å². The number of ether oxygens (including phenoxy) is 1. The van der Waals surface area contributed by atoms with E-state index in [0.717, 1.165) is 37.2 Å². The molecule has 0 aliphatic rings. The van der Waals surface area contributed by atoms with E-state index >= 15 is 0 Å². The Labute approximate surface area is 151 Å². The molecular formula is C23H29FO. The highest BCUT2D eigenvalue weighted by Crippen LogP contribution is 2.25. The topological polar surface area (TPSA) is 9.23 Å². The van der Waals surface area contributed by atoms with Gasteiger partial charge in [0, 0.05) is 5.56 Å². The summed E-state index contributed by atoms with van der Waals surface area (Å²) < 4.78 is 20.0. The molecule has 0 saturated carbocycles. The highest BCUT2D eigenvalue weighted by atomic mass is 19.1. The van der Waals surface area contributed by atoms with Crippen LogP contribution in [0.4, 0.5) is 4.39 Å². The van der Waals surface area contributed by atoms with Crippen LogP contribution in [0.15, 0.2) is 54.6 Å². The van der Waals surface area contributed by atoms with Gasteiger partial charge in [0.05, 0.1) is 0 Å². The van der Waals surface area contributed by atoms with Crippen LogP contribution in [0.3, 0.4) is 0 Å². The van der Waals surface area contributed by atoms with E-state index in [9.17, 15) is 4.39 Å². The molecule has 0 radical (unpaired) electrons. The summed E-state index contributed by atoms with van der Waals surface area (Å²) >= 11 is 0. The zero-order valence-electron chi connectivity index (χ0n) is 15.4. The van der Waals surface area contributed by atoms with Crippen LogP contribution in [-0.2, 0) is 6.42 Å². The number of allylic oxidation sites excluding steroid dienone is 1. The highest BCUT2D eigenvalue weighted by molar-refractivity contribution is 5.59. The number of benzene rings is 2. The first-order valence-corrected chi connectivity index (χ1v) is 9.45. The smallest absolute Gasteiger partial charge is 0.127 e. The molecule has 0 aliphatic carbocycles. The van der Waals surface area contributed by atoms with Crippen LogP contribution in [0, 0.1) is 0 Å². The Morgan fingerprint density at radius 3 is 2.08 bits per heavy atom. The van der Waals surface area contributed by atoms with Crippen molar-refractivity contribution < 1.29 is 9.13 Å². The molecule has 0 fully saturated rings. The van der Waals surface area contributed by atoms with Crippen LogP contribution in [-0.4, -0.2) is 0 Å². The van der Waals surface area contributed by atoms with Crippen LogP contribution >= 0.6 is 0 Å². The molecule has 0 unspecified atom stereocenters. The highest BCUT2D eigenvalue weighted by Gasteiger charge is 2.02. The third-order valence-electron chi connectivity index (χ3n) is 4.21. The van der Waals surface area contributed by atoms with E-state index in [1.54, 1.807) is 18.2 Å². The molecule has 2 aromatic rings. The predicted octanol–water partition coefficient (Wildman–Crippen LogP) is 7.71. The lowest BCUT2D eigenvalue weighted by Crippen LogP contribution is -1.87. The molecule has 0 spiro atoms. The lowest BCUT2D eigenvalue weighted by Gasteiger charge is -2.07. The van der Waals surface area contributed by atoms with Gasteiger partial charge in [-0.15, -0.1) is 0 Å². The molecular weight excluding hydrogens is 311 g/mol. The van der Waals surface area contributed by atoms with Crippen molar-refractivity contribution in [2.24, 2.45) is 0 Å². The fraction of sp³-hybridized carbons (Fsp3) is 0.391. The second kappa shape index (κ2) is 10.7. The van der Waals surface area contributed by atoms with Crippen molar-refractivity contribution in [3.8, 4) is 11.5 Å². The zero-order valence-corrected chi connectivity index (χ0v) is 15.4. The monoisotopic (exact) mass is 340 g/mol. The van der Waals surface area contributed by atoms with Gasteiger partial charge in [-0.1, -0.05) is 51.7 Å². The first-order valence-electron chi connectivity index (χ1n) is 9.45. The Morgan fingerprint density at radius 1 is 0.840 bits per heavy atom. The van der Waals surface area contributed by atoms with Gasteiger partial charge in [-0.2, -0.15) is 0 Å². The van der Waals surface area contributed by atoms with E-state index in [2.05, 4.69) is 26.0 Å². The van der Waals surface area contributed by atoms with Crippen LogP contribution in [0.1, 0.15) is 63.5 Å². The van der Waals surface area contributed by atoms with E-state index < -0.39 is 0 Å². The van der Waals surface area contributed by atoms with Crippen LogP contribution in [0.25, 0.3) is 5.83 Å². The third-order valence-corrected chi connectivity index (χ3v) is 4.21. The van der Waals surface area contributed by atoms with Crippen molar-refractivity contribution in [1.82, 2.24) is 0 Å².